The number of halogens is 4. The third kappa shape index (κ3) is 11.0. The van der Waals surface area contributed by atoms with Crippen LogP contribution in [0.2, 0.25) is 10.3 Å². The van der Waals surface area contributed by atoms with Gasteiger partial charge >= 0.3 is 0 Å². The molecule has 2 N–H and O–H groups in total. The summed E-state index contributed by atoms with van der Waals surface area (Å²) in [5.74, 6) is -0.0805. The maximum atomic E-state index is 13.0. The Balaban J connectivity index is 0.000000149. The highest BCUT2D eigenvalue weighted by atomic mass is 79.9. The lowest BCUT2D eigenvalue weighted by molar-refractivity contribution is 0.102. The van der Waals surface area contributed by atoms with Crippen LogP contribution in [0.15, 0.2) is 122 Å². The van der Waals surface area contributed by atoms with Crippen molar-refractivity contribution in [2.24, 2.45) is 0 Å². The van der Waals surface area contributed by atoms with Gasteiger partial charge in [0.15, 0.2) is 5.78 Å². The monoisotopic (exact) mass is 843 g/mol. The first-order chi connectivity index (χ1) is 27.1. The molecule has 0 amide bonds. The van der Waals surface area contributed by atoms with Gasteiger partial charge in [0.05, 0.1) is 36.4 Å². The Morgan fingerprint density at radius 2 is 1.20 bits per heavy atom. The van der Waals surface area contributed by atoms with Gasteiger partial charge in [-0.05, 0) is 48.5 Å². The predicted molar refractivity (Wildman–Crippen MR) is 217 cm³/mol. The van der Waals surface area contributed by atoms with Crippen molar-refractivity contribution in [3.8, 4) is 22.5 Å². The van der Waals surface area contributed by atoms with Crippen LogP contribution in [0, 0.1) is 25.7 Å². The highest BCUT2D eigenvalue weighted by molar-refractivity contribution is 9.09. The first-order valence-electron chi connectivity index (χ1n) is 15.8. The number of nitrogens with zero attached hydrogens (tertiary/aromatic N) is 11. The fraction of sp³-hybridized carbons (Fsp3) is 0.0256. The Morgan fingerprint density at radius 3 is 1.68 bits per heavy atom. The molecule has 8 aromatic rings. The summed E-state index contributed by atoms with van der Waals surface area (Å²) in [5.41, 5.74) is 12.0. The molecule has 0 aromatic carbocycles. The molecular formula is C39H24BrCl2FN12O. The minimum Gasteiger partial charge on any atom is -0.384 e. The number of pyridine rings is 6. The van der Waals surface area contributed by atoms with Gasteiger partial charge in [-0.3, -0.25) is 9.78 Å². The number of Topliss-reactive ketones (excluding diaryl/α,β-unsaturated/α-hetero) is 1. The molecule has 13 nitrogen and oxygen atoms in total. The largest absolute Gasteiger partial charge is 0.384 e. The van der Waals surface area contributed by atoms with Gasteiger partial charge in [-0.1, -0.05) is 57.3 Å². The average Bonchev–Trinajstić information content (AvgIpc) is 3.86. The summed E-state index contributed by atoms with van der Waals surface area (Å²) in [6.45, 7) is 20.5. The van der Waals surface area contributed by atoms with Crippen LogP contribution in [-0.2, 0) is 0 Å². The molecule has 0 bridgehead atoms. The van der Waals surface area contributed by atoms with E-state index in [0.717, 1.165) is 22.6 Å². The third-order valence-electron chi connectivity index (χ3n) is 7.24. The molecule has 0 aliphatic rings. The molecule has 8 heterocycles. The van der Waals surface area contributed by atoms with E-state index in [1.165, 1.54) is 24.7 Å². The number of hydrogen-bond donors (Lipinski definition) is 1. The molecule has 0 atom stereocenters. The second-order valence-electron chi connectivity index (χ2n) is 11.0. The molecule has 0 spiro atoms. The molecule has 17 heteroatoms. The molecule has 0 saturated heterocycles. The van der Waals surface area contributed by atoms with Crippen molar-refractivity contribution in [1.29, 1.82) is 0 Å². The summed E-state index contributed by atoms with van der Waals surface area (Å²) in [5, 5.41) is 1.09. The highest BCUT2D eigenvalue weighted by Gasteiger charge is 2.08. The lowest BCUT2D eigenvalue weighted by Crippen LogP contribution is -1.99. The van der Waals surface area contributed by atoms with Gasteiger partial charge in [-0.25, -0.2) is 39.5 Å². The summed E-state index contributed by atoms with van der Waals surface area (Å²) >= 11 is 14.5. The van der Waals surface area contributed by atoms with Crippen molar-refractivity contribution >= 4 is 79.1 Å². The summed E-state index contributed by atoms with van der Waals surface area (Å²) in [4.78, 5) is 44.7. The molecule has 8 aromatic heterocycles. The van der Waals surface area contributed by atoms with Gasteiger partial charge in [-0.2, -0.15) is 4.39 Å². The predicted octanol–water partition coefficient (Wildman–Crippen LogP) is 10.2. The van der Waals surface area contributed by atoms with Crippen LogP contribution in [0.25, 0.3) is 48.3 Å². The molecule has 274 valence electrons. The van der Waals surface area contributed by atoms with E-state index in [2.05, 4.69) is 60.4 Å². The second-order valence-corrected chi connectivity index (χ2v) is 12.3. The summed E-state index contributed by atoms with van der Waals surface area (Å²) in [6.07, 6.45) is 13.1. The SMILES string of the molecule is O=C(CBr)c1ccnc(Cl)c1.[C-]#[N+]c1ccc(N)nc1.[C-]#[N+]c1ccc2nc(-c3ccnc(Cl)c3)cn2c1.[C-]#[N+]c1ccc2nc(-c3ccnc([18F])c3)cn2c1. The Labute approximate surface area is 337 Å². The number of carbonyl (C=O) groups is 1. The van der Waals surface area contributed by atoms with E-state index in [4.69, 9.17) is 48.7 Å². The van der Waals surface area contributed by atoms with Crippen molar-refractivity contribution in [3.05, 3.63) is 178 Å². The third-order valence-corrected chi connectivity index (χ3v) is 8.17. The van der Waals surface area contributed by atoms with Gasteiger partial charge in [0.25, 0.3) is 0 Å². The Morgan fingerprint density at radius 1 is 0.679 bits per heavy atom. The Hall–Kier alpha value is -7.09. The summed E-state index contributed by atoms with van der Waals surface area (Å²) in [6, 6.07) is 20.1. The number of ketones is 1. The standard InChI is InChI=1S/C13H7ClN4.C13H7FN4.C7H5BrClNO.C6H5N3/c2*1-15-10-2-3-13-17-11(8-18(13)7-10)9-4-5-16-12(14)6-9;8-4-6(11)5-1-2-10-7(9)3-5;1-8-5-2-3-6(7)9-4-5/h2*2-8H;1-3H,4H2;2-4H,(H2,7,9)/i;14-1;;. The number of alkyl halides is 1. The van der Waals surface area contributed by atoms with Crippen molar-refractivity contribution in [1.82, 2.24) is 38.7 Å². The first kappa shape index (κ1) is 40.1. The van der Waals surface area contributed by atoms with E-state index in [0.29, 0.717) is 55.3 Å². The van der Waals surface area contributed by atoms with Gasteiger partial charge in [-0.15, -0.1) is 0 Å². The average molecular weight is 846 g/mol. The first-order valence-corrected chi connectivity index (χ1v) is 17.7. The van der Waals surface area contributed by atoms with E-state index in [1.807, 2.05) is 22.7 Å². The Kier molecular flexibility index (Phi) is 13.8. The number of nitrogens with two attached hydrogens (primary N) is 1. The molecular weight excluding hydrogens is 821 g/mol. The Bertz CT molecular complexity index is 2640. The van der Waals surface area contributed by atoms with E-state index in [-0.39, 0.29) is 5.78 Å². The number of hydrogen-bond acceptors (Lipinski definition) is 8. The number of imidazole rings is 2. The molecule has 56 heavy (non-hydrogen) atoms. The molecule has 0 aliphatic carbocycles. The highest BCUT2D eigenvalue weighted by Crippen LogP contribution is 2.23. The van der Waals surface area contributed by atoms with Crippen LogP contribution < -0.4 is 5.73 Å². The molecule has 0 saturated carbocycles. The van der Waals surface area contributed by atoms with Crippen molar-refractivity contribution in [3.63, 3.8) is 0 Å². The number of aromatic nitrogens is 8. The smallest absolute Gasteiger partial charge is 0.213 e. The second kappa shape index (κ2) is 19.3. The number of carbonyl (C=O) groups excluding carboxylic acids is 1. The minimum atomic E-state index is -0.536. The summed E-state index contributed by atoms with van der Waals surface area (Å²) < 4.78 is 16.6. The maximum absolute atomic E-state index is 13.0. The van der Waals surface area contributed by atoms with Gasteiger partial charge in [0, 0.05) is 72.3 Å². The fourth-order valence-electron chi connectivity index (χ4n) is 4.61. The molecule has 8 rings (SSSR count). The van der Waals surface area contributed by atoms with Crippen LogP contribution in [0.5, 0.6) is 0 Å². The molecule has 0 aliphatic heterocycles. The molecule has 0 radical (unpaired) electrons. The lowest BCUT2D eigenvalue weighted by Gasteiger charge is -1.95. The van der Waals surface area contributed by atoms with Gasteiger partial charge < -0.3 is 14.5 Å². The van der Waals surface area contributed by atoms with Crippen LogP contribution in [-0.4, -0.2) is 49.8 Å². The topological polar surface area (TPSA) is 142 Å². The van der Waals surface area contributed by atoms with Crippen LogP contribution in [0.3, 0.4) is 0 Å². The summed E-state index contributed by atoms with van der Waals surface area (Å²) in [7, 11) is 0. The zero-order valence-electron chi connectivity index (χ0n) is 28.7. The zero-order valence-corrected chi connectivity index (χ0v) is 31.8. The fourth-order valence-corrected chi connectivity index (χ4v) is 5.28. The van der Waals surface area contributed by atoms with Gasteiger partial charge in [0.2, 0.25) is 23.0 Å². The minimum absolute atomic E-state index is 0.00861. The van der Waals surface area contributed by atoms with E-state index in [1.54, 1.807) is 83.8 Å². The van der Waals surface area contributed by atoms with Gasteiger partial charge in [0.1, 0.15) is 27.4 Å². The van der Waals surface area contributed by atoms with Crippen LogP contribution in [0.4, 0.5) is 27.3 Å². The molecule has 0 unspecified atom stereocenters. The van der Waals surface area contributed by atoms with E-state index >= 15 is 0 Å². The maximum Gasteiger partial charge on any atom is 0.213 e. The van der Waals surface area contributed by atoms with Crippen LogP contribution in [0.1, 0.15) is 10.4 Å². The van der Waals surface area contributed by atoms with Crippen molar-refractivity contribution in [2.45, 2.75) is 0 Å². The van der Waals surface area contributed by atoms with E-state index < -0.39 is 5.95 Å². The van der Waals surface area contributed by atoms with E-state index in [9.17, 15) is 9.18 Å². The zero-order chi connectivity index (χ0) is 40.0. The number of rotatable bonds is 4. The molecule has 0 fully saturated rings. The lowest BCUT2D eigenvalue weighted by atomic mass is 10.2. The van der Waals surface area contributed by atoms with Crippen molar-refractivity contribution < 1.29 is 9.18 Å². The number of fused-ring (bicyclic) bond motifs is 2. The quantitative estimate of drug-likeness (QED) is 0.0799. The van der Waals surface area contributed by atoms with Crippen LogP contribution >= 0.6 is 39.1 Å². The number of anilines is 1. The normalized spacial score (nSPS) is 9.95. The van der Waals surface area contributed by atoms with Crippen molar-refractivity contribution in [2.75, 3.05) is 11.1 Å². The number of nitrogen functional groups attached to an aromatic ring is 1.